The van der Waals surface area contributed by atoms with E-state index in [0.717, 1.165) is 31.5 Å². The number of hydrogen-bond acceptors (Lipinski definition) is 6. The van der Waals surface area contributed by atoms with E-state index < -0.39 is 5.97 Å². The van der Waals surface area contributed by atoms with Crippen molar-refractivity contribution in [3.05, 3.63) is 93.1 Å². The summed E-state index contributed by atoms with van der Waals surface area (Å²) in [5, 5.41) is 7.96. The number of benzene rings is 2. The Morgan fingerprint density at radius 2 is 1.79 bits per heavy atom. The third-order valence-electron chi connectivity index (χ3n) is 5.30. The van der Waals surface area contributed by atoms with Crippen LogP contribution in [0, 0.1) is 0 Å². The highest BCUT2D eigenvalue weighted by atomic mass is 79.9. The van der Waals surface area contributed by atoms with E-state index in [4.69, 9.17) is 9.72 Å². The molecule has 34 heavy (non-hydrogen) atoms. The normalized spacial score (nSPS) is 10.9. The molecule has 0 aliphatic rings. The molecule has 5 aromatic rings. The van der Waals surface area contributed by atoms with Gasteiger partial charge in [-0.2, -0.15) is 0 Å². The van der Waals surface area contributed by atoms with Gasteiger partial charge >= 0.3 is 5.97 Å². The van der Waals surface area contributed by atoms with E-state index in [2.05, 4.69) is 21.2 Å². The summed E-state index contributed by atoms with van der Waals surface area (Å²) in [7, 11) is 1.33. The number of aromatic nitrogens is 1. The summed E-state index contributed by atoms with van der Waals surface area (Å²) in [6.45, 7) is 0. The first kappa shape index (κ1) is 22.5. The molecule has 0 atom stereocenters. The zero-order valence-electron chi connectivity index (χ0n) is 17.9. The molecule has 8 heteroatoms. The SMILES string of the molecule is COC(=O)c1c(-c2ccc(Br)cc2)csc1NC(=O)c1cc(-c2cccs2)nc2ccccc12. The minimum Gasteiger partial charge on any atom is -0.465 e. The Hall–Kier alpha value is -3.33. The number of carbonyl (C=O) groups is 2. The summed E-state index contributed by atoms with van der Waals surface area (Å²) in [6.07, 6.45) is 0. The average Bonchev–Trinajstić information content (AvgIpc) is 3.54. The van der Waals surface area contributed by atoms with Gasteiger partial charge in [0.1, 0.15) is 10.6 Å². The molecule has 2 aromatic carbocycles. The molecular weight excluding hydrogens is 532 g/mol. The van der Waals surface area contributed by atoms with Crippen LogP contribution in [0.25, 0.3) is 32.6 Å². The zero-order valence-corrected chi connectivity index (χ0v) is 21.1. The molecule has 168 valence electrons. The number of amides is 1. The number of hydrogen-bond donors (Lipinski definition) is 1. The van der Waals surface area contributed by atoms with Crippen molar-refractivity contribution < 1.29 is 14.3 Å². The summed E-state index contributed by atoms with van der Waals surface area (Å²) in [6, 6.07) is 20.9. The fourth-order valence-electron chi connectivity index (χ4n) is 3.68. The number of pyridine rings is 1. The van der Waals surface area contributed by atoms with Gasteiger partial charge in [0.15, 0.2) is 0 Å². The summed E-state index contributed by atoms with van der Waals surface area (Å²) in [5.74, 6) is -0.820. The van der Waals surface area contributed by atoms with E-state index in [1.165, 1.54) is 18.4 Å². The van der Waals surface area contributed by atoms with Gasteiger partial charge in [-0.25, -0.2) is 9.78 Å². The minimum atomic E-state index is -0.506. The number of methoxy groups -OCH3 is 1. The molecule has 0 spiro atoms. The van der Waals surface area contributed by atoms with Crippen molar-refractivity contribution in [1.29, 1.82) is 0 Å². The van der Waals surface area contributed by atoms with Crippen LogP contribution in [0.2, 0.25) is 0 Å². The molecule has 0 saturated heterocycles. The number of thiophene rings is 2. The molecule has 5 rings (SSSR count). The van der Waals surface area contributed by atoms with Crippen LogP contribution < -0.4 is 5.32 Å². The molecule has 0 saturated carbocycles. The Balaban J connectivity index is 1.58. The number of carbonyl (C=O) groups excluding carboxylic acids is 2. The molecule has 3 heterocycles. The Morgan fingerprint density at radius 3 is 2.53 bits per heavy atom. The number of esters is 1. The van der Waals surface area contributed by atoms with E-state index in [1.807, 2.05) is 71.4 Å². The van der Waals surface area contributed by atoms with Crippen LogP contribution in [-0.4, -0.2) is 24.0 Å². The Bertz CT molecular complexity index is 1510. The van der Waals surface area contributed by atoms with Gasteiger partial charge in [-0.15, -0.1) is 22.7 Å². The molecule has 0 aliphatic carbocycles. The van der Waals surface area contributed by atoms with Crippen LogP contribution in [0.3, 0.4) is 0 Å². The number of fused-ring (bicyclic) bond motifs is 1. The fraction of sp³-hybridized carbons (Fsp3) is 0.0385. The predicted molar refractivity (Wildman–Crippen MR) is 142 cm³/mol. The number of ether oxygens (including phenoxy) is 1. The van der Waals surface area contributed by atoms with Crippen molar-refractivity contribution in [2.75, 3.05) is 12.4 Å². The maximum absolute atomic E-state index is 13.5. The zero-order chi connectivity index (χ0) is 23.7. The fourth-order valence-corrected chi connectivity index (χ4v) is 5.58. The Labute approximate surface area is 212 Å². The molecule has 0 fully saturated rings. The molecule has 5 nitrogen and oxygen atoms in total. The molecule has 0 unspecified atom stereocenters. The van der Waals surface area contributed by atoms with Crippen LogP contribution in [0.5, 0.6) is 0 Å². The summed E-state index contributed by atoms with van der Waals surface area (Å²) in [4.78, 5) is 31.9. The second kappa shape index (κ2) is 9.50. The lowest BCUT2D eigenvalue weighted by atomic mass is 10.0. The first-order chi connectivity index (χ1) is 16.5. The molecule has 3 aromatic heterocycles. The quantitative estimate of drug-likeness (QED) is 0.231. The van der Waals surface area contributed by atoms with Crippen molar-refractivity contribution in [2.24, 2.45) is 0 Å². The first-order valence-corrected chi connectivity index (χ1v) is 12.8. The van der Waals surface area contributed by atoms with Gasteiger partial charge in [-0.1, -0.05) is 52.3 Å². The van der Waals surface area contributed by atoms with Gasteiger partial charge in [0.05, 0.1) is 28.8 Å². The number of nitrogens with one attached hydrogen (secondary N) is 1. The van der Waals surface area contributed by atoms with Crippen molar-refractivity contribution in [3.63, 3.8) is 0 Å². The number of halogens is 1. The number of para-hydroxylation sites is 1. The molecule has 1 N–H and O–H groups in total. The highest BCUT2D eigenvalue weighted by molar-refractivity contribution is 9.10. The second-order valence-electron chi connectivity index (χ2n) is 7.36. The smallest absolute Gasteiger partial charge is 0.341 e. The summed E-state index contributed by atoms with van der Waals surface area (Å²) < 4.78 is 5.98. The lowest BCUT2D eigenvalue weighted by Crippen LogP contribution is -2.15. The first-order valence-electron chi connectivity index (χ1n) is 10.3. The van der Waals surface area contributed by atoms with Crippen LogP contribution in [-0.2, 0) is 4.74 Å². The lowest BCUT2D eigenvalue weighted by molar-refractivity contribution is 0.0603. The minimum absolute atomic E-state index is 0.314. The van der Waals surface area contributed by atoms with Crippen molar-refractivity contribution >= 4 is 66.4 Å². The highest BCUT2D eigenvalue weighted by Crippen LogP contribution is 2.37. The van der Waals surface area contributed by atoms with Gasteiger partial charge in [0.2, 0.25) is 0 Å². The number of anilines is 1. The molecular formula is C26H17BrN2O3S2. The average molecular weight is 549 g/mol. The topological polar surface area (TPSA) is 68.3 Å². The highest BCUT2D eigenvalue weighted by Gasteiger charge is 2.24. The second-order valence-corrected chi connectivity index (χ2v) is 10.1. The lowest BCUT2D eigenvalue weighted by Gasteiger charge is -2.11. The van der Waals surface area contributed by atoms with E-state index in [0.29, 0.717) is 21.7 Å². The van der Waals surface area contributed by atoms with Gasteiger partial charge in [-0.05, 0) is 41.3 Å². The third-order valence-corrected chi connectivity index (χ3v) is 7.61. The Morgan fingerprint density at radius 1 is 1.00 bits per heavy atom. The van der Waals surface area contributed by atoms with Gasteiger partial charge in [-0.3, -0.25) is 4.79 Å². The van der Waals surface area contributed by atoms with Crippen molar-refractivity contribution in [3.8, 4) is 21.7 Å². The summed E-state index contributed by atoms with van der Waals surface area (Å²) >= 11 is 6.29. The molecule has 0 radical (unpaired) electrons. The number of nitrogens with zero attached hydrogens (tertiary/aromatic N) is 1. The summed E-state index contributed by atoms with van der Waals surface area (Å²) in [5.41, 5.74) is 3.85. The maximum Gasteiger partial charge on any atom is 0.341 e. The van der Waals surface area contributed by atoms with Crippen molar-refractivity contribution in [1.82, 2.24) is 4.98 Å². The van der Waals surface area contributed by atoms with Gasteiger partial charge in [0.25, 0.3) is 5.91 Å². The standard InChI is InChI=1S/C26H17BrN2O3S2/c1-32-26(31)23-19(15-8-10-16(27)11-9-15)14-34-25(23)29-24(30)18-13-21(22-7-4-12-33-22)28-20-6-3-2-5-17(18)20/h2-14H,1H3,(H,29,30). The van der Waals surface area contributed by atoms with E-state index >= 15 is 0 Å². The molecule has 1 amide bonds. The van der Waals surface area contributed by atoms with Crippen molar-refractivity contribution in [2.45, 2.75) is 0 Å². The van der Waals surface area contributed by atoms with Gasteiger partial charge in [0, 0.05) is 20.8 Å². The van der Waals surface area contributed by atoms with Gasteiger partial charge < -0.3 is 10.1 Å². The molecule has 0 bridgehead atoms. The van der Waals surface area contributed by atoms with Crippen LogP contribution in [0.15, 0.2) is 82.0 Å². The maximum atomic E-state index is 13.5. The number of rotatable bonds is 5. The van der Waals surface area contributed by atoms with E-state index in [-0.39, 0.29) is 5.91 Å². The molecule has 0 aliphatic heterocycles. The monoisotopic (exact) mass is 548 g/mol. The Kier molecular flexibility index (Phi) is 6.28. The largest absolute Gasteiger partial charge is 0.465 e. The van der Waals surface area contributed by atoms with E-state index in [9.17, 15) is 9.59 Å². The third kappa shape index (κ3) is 4.27. The predicted octanol–water partition coefficient (Wildman–Crippen LogP) is 7.49. The van der Waals surface area contributed by atoms with Crippen LogP contribution >= 0.6 is 38.6 Å². The van der Waals surface area contributed by atoms with Crippen LogP contribution in [0.1, 0.15) is 20.7 Å². The van der Waals surface area contributed by atoms with Crippen LogP contribution in [0.4, 0.5) is 5.00 Å². The van der Waals surface area contributed by atoms with E-state index in [1.54, 1.807) is 17.4 Å².